The molecule has 0 amide bonds. The molecule has 3 rings (SSSR count). The first-order valence-corrected chi connectivity index (χ1v) is 8.72. The van der Waals surface area contributed by atoms with E-state index in [1.165, 1.54) is 4.80 Å². The third-order valence-corrected chi connectivity index (χ3v) is 4.60. The molecule has 0 fully saturated rings. The highest BCUT2D eigenvalue weighted by Crippen LogP contribution is 2.24. The summed E-state index contributed by atoms with van der Waals surface area (Å²) in [6, 6.07) is 12.8. The van der Waals surface area contributed by atoms with Gasteiger partial charge in [-0.3, -0.25) is 4.79 Å². The van der Waals surface area contributed by atoms with Crippen molar-refractivity contribution in [1.82, 2.24) is 15.0 Å². The molecular weight excluding hydrogens is 354 g/mol. The Hall–Kier alpha value is -2.89. The van der Waals surface area contributed by atoms with Crippen molar-refractivity contribution in [3.05, 3.63) is 48.0 Å². The van der Waals surface area contributed by atoms with E-state index in [9.17, 15) is 9.90 Å². The molecule has 1 aromatic heterocycles. The van der Waals surface area contributed by atoms with Gasteiger partial charge >= 0.3 is 5.97 Å². The van der Waals surface area contributed by atoms with E-state index in [1.807, 2.05) is 51.1 Å². The van der Waals surface area contributed by atoms with Gasteiger partial charge in [-0.15, -0.1) is 15.0 Å². The van der Waals surface area contributed by atoms with E-state index in [0.717, 1.165) is 23.0 Å². The summed E-state index contributed by atoms with van der Waals surface area (Å²) in [5, 5.41) is 19.0. The Morgan fingerprint density at radius 1 is 1.11 bits per heavy atom. The number of nitrogens with zero attached hydrogens (tertiary/aromatic N) is 3. The summed E-state index contributed by atoms with van der Waals surface area (Å²) >= 11 is 0. The second kappa shape index (κ2) is 9.35. The number of benzene rings is 2. The highest BCUT2D eigenvalue weighted by Gasteiger charge is 2.26. The van der Waals surface area contributed by atoms with E-state index < -0.39 is 5.41 Å². The highest BCUT2D eigenvalue weighted by molar-refractivity contribution is 5.75. The lowest BCUT2D eigenvalue weighted by atomic mass is 9.91. The van der Waals surface area contributed by atoms with Crippen LogP contribution in [0.1, 0.15) is 47.6 Å². The molecule has 28 heavy (non-hydrogen) atoms. The standard InChI is InChI=1S/C20H23N3O3.2CH4/c1-4-20(2,3)19(25)26-12-11-14-9-10-18(24)17(13-14)23-21-15-7-5-6-8-16(15)22-23;;/h5-10,13,24H,4,11-12H2,1-3H3;2*1H4. The third kappa shape index (κ3) is 4.88. The minimum absolute atomic E-state index is 0. The smallest absolute Gasteiger partial charge is 0.311 e. The highest BCUT2D eigenvalue weighted by atomic mass is 16.5. The summed E-state index contributed by atoms with van der Waals surface area (Å²) in [7, 11) is 0. The first-order chi connectivity index (χ1) is 12.4. The topological polar surface area (TPSA) is 77.2 Å². The van der Waals surface area contributed by atoms with E-state index in [-0.39, 0.29) is 26.6 Å². The lowest BCUT2D eigenvalue weighted by Crippen LogP contribution is -2.26. The quantitative estimate of drug-likeness (QED) is 0.609. The minimum atomic E-state index is -0.473. The molecule has 1 N–H and O–H groups in total. The molecule has 0 radical (unpaired) electrons. The predicted octanol–water partition coefficient (Wildman–Crippen LogP) is 4.92. The average Bonchev–Trinajstić information content (AvgIpc) is 3.06. The molecule has 1 heterocycles. The average molecular weight is 386 g/mol. The molecule has 152 valence electrons. The van der Waals surface area contributed by atoms with Crippen LogP contribution >= 0.6 is 0 Å². The number of esters is 1. The lowest BCUT2D eigenvalue weighted by Gasteiger charge is -2.20. The molecule has 0 saturated heterocycles. The Bertz CT molecular complexity index is 899. The van der Waals surface area contributed by atoms with Gasteiger partial charge in [0.1, 0.15) is 22.5 Å². The summed E-state index contributed by atoms with van der Waals surface area (Å²) in [5.41, 5.74) is 2.47. The van der Waals surface area contributed by atoms with Crippen molar-refractivity contribution in [1.29, 1.82) is 0 Å². The number of carbonyl (C=O) groups excluding carboxylic acids is 1. The van der Waals surface area contributed by atoms with E-state index in [2.05, 4.69) is 10.2 Å². The van der Waals surface area contributed by atoms with Gasteiger partial charge in [0.05, 0.1) is 12.0 Å². The molecule has 0 aliphatic rings. The van der Waals surface area contributed by atoms with Crippen LogP contribution in [0.3, 0.4) is 0 Å². The largest absolute Gasteiger partial charge is 0.506 e. The maximum atomic E-state index is 12.0. The predicted molar refractivity (Wildman–Crippen MR) is 113 cm³/mol. The molecule has 0 unspecified atom stereocenters. The second-order valence-corrected chi connectivity index (χ2v) is 6.92. The number of ether oxygens (including phenoxy) is 1. The zero-order valence-electron chi connectivity index (χ0n) is 15.3. The molecule has 3 aromatic rings. The van der Waals surface area contributed by atoms with Gasteiger partial charge in [-0.05, 0) is 50.1 Å². The molecular formula is C22H31N3O3. The second-order valence-electron chi connectivity index (χ2n) is 6.92. The fourth-order valence-electron chi connectivity index (χ4n) is 2.45. The fraction of sp³-hybridized carbons (Fsp3) is 0.409. The molecule has 0 aliphatic heterocycles. The Morgan fingerprint density at radius 2 is 1.71 bits per heavy atom. The van der Waals surface area contributed by atoms with Crippen LogP contribution in [0.25, 0.3) is 16.7 Å². The van der Waals surface area contributed by atoms with E-state index in [0.29, 0.717) is 18.7 Å². The maximum absolute atomic E-state index is 12.0. The number of phenols is 1. The monoisotopic (exact) mass is 385 g/mol. The van der Waals surface area contributed by atoms with Gasteiger partial charge in [0.25, 0.3) is 0 Å². The molecule has 0 saturated carbocycles. The zero-order chi connectivity index (χ0) is 18.7. The van der Waals surface area contributed by atoms with Crippen molar-refractivity contribution in [2.75, 3.05) is 6.61 Å². The van der Waals surface area contributed by atoms with Gasteiger partial charge in [-0.2, -0.15) is 0 Å². The van der Waals surface area contributed by atoms with Crippen LogP contribution in [-0.4, -0.2) is 32.7 Å². The van der Waals surface area contributed by atoms with Crippen LogP contribution in [0.5, 0.6) is 5.75 Å². The molecule has 6 nitrogen and oxygen atoms in total. The SMILES string of the molecule is C.C.CCC(C)(C)C(=O)OCCc1ccc(O)c(-n2nc3ccccc3n2)c1. The van der Waals surface area contributed by atoms with Crippen molar-refractivity contribution in [2.24, 2.45) is 5.41 Å². The normalized spacial score (nSPS) is 10.8. The van der Waals surface area contributed by atoms with Crippen LogP contribution < -0.4 is 0 Å². The van der Waals surface area contributed by atoms with Crippen LogP contribution in [0.4, 0.5) is 0 Å². The zero-order valence-corrected chi connectivity index (χ0v) is 15.3. The van der Waals surface area contributed by atoms with Crippen LogP contribution in [0, 0.1) is 5.41 Å². The number of rotatable bonds is 6. The molecule has 6 heteroatoms. The first kappa shape index (κ1) is 23.1. The Balaban J connectivity index is 0.00000196. The number of aromatic nitrogens is 3. The van der Waals surface area contributed by atoms with Crippen LogP contribution in [-0.2, 0) is 16.0 Å². The number of phenolic OH excluding ortho intramolecular Hbond substituents is 1. The van der Waals surface area contributed by atoms with Crippen molar-refractivity contribution >= 4 is 17.0 Å². The number of carbonyl (C=O) groups is 1. The summed E-state index contributed by atoms with van der Waals surface area (Å²) in [6.07, 6.45) is 1.29. The van der Waals surface area contributed by atoms with Crippen LogP contribution in [0.2, 0.25) is 0 Å². The molecule has 0 aliphatic carbocycles. The number of fused-ring (bicyclic) bond motifs is 1. The fourth-order valence-corrected chi connectivity index (χ4v) is 2.45. The van der Waals surface area contributed by atoms with Gasteiger partial charge in [-0.25, -0.2) is 0 Å². The number of hydrogen-bond acceptors (Lipinski definition) is 5. The molecule has 0 bridgehead atoms. The van der Waals surface area contributed by atoms with Crippen LogP contribution in [0.15, 0.2) is 42.5 Å². The van der Waals surface area contributed by atoms with Crippen molar-refractivity contribution < 1.29 is 14.6 Å². The van der Waals surface area contributed by atoms with Gasteiger partial charge in [0.15, 0.2) is 0 Å². The van der Waals surface area contributed by atoms with E-state index in [4.69, 9.17) is 4.74 Å². The summed E-state index contributed by atoms with van der Waals surface area (Å²) in [5.74, 6) is -0.0999. The summed E-state index contributed by atoms with van der Waals surface area (Å²) in [6.45, 7) is 6.01. The van der Waals surface area contributed by atoms with Gasteiger partial charge in [0.2, 0.25) is 0 Å². The minimum Gasteiger partial charge on any atom is -0.506 e. The Morgan fingerprint density at radius 3 is 2.29 bits per heavy atom. The Kier molecular flexibility index (Phi) is 7.73. The molecule has 0 spiro atoms. The van der Waals surface area contributed by atoms with Crippen molar-refractivity contribution in [2.45, 2.75) is 48.5 Å². The van der Waals surface area contributed by atoms with E-state index in [1.54, 1.807) is 12.1 Å². The Labute approximate surface area is 167 Å². The first-order valence-electron chi connectivity index (χ1n) is 8.72. The lowest BCUT2D eigenvalue weighted by molar-refractivity contribution is -0.154. The number of aromatic hydroxyl groups is 1. The summed E-state index contributed by atoms with van der Waals surface area (Å²) < 4.78 is 5.39. The summed E-state index contributed by atoms with van der Waals surface area (Å²) in [4.78, 5) is 13.5. The third-order valence-electron chi connectivity index (χ3n) is 4.60. The van der Waals surface area contributed by atoms with Crippen molar-refractivity contribution in [3.63, 3.8) is 0 Å². The van der Waals surface area contributed by atoms with Gasteiger partial charge in [-0.1, -0.05) is 40.0 Å². The maximum Gasteiger partial charge on any atom is 0.311 e. The van der Waals surface area contributed by atoms with Gasteiger partial charge < -0.3 is 9.84 Å². The molecule has 2 aromatic carbocycles. The van der Waals surface area contributed by atoms with E-state index >= 15 is 0 Å². The molecule has 0 atom stereocenters. The number of hydrogen-bond donors (Lipinski definition) is 1. The van der Waals surface area contributed by atoms with Crippen molar-refractivity contribution in [3.8, 4) is 11.4 Å². The van der Waals surface area contributed by atoms with Gasteiger partial charge in [0, 0.05) is 6.42 Å².